The van der Waals surface area contributed by atoms with E-state index in [-0.39, 0.29) is 17.7 Å². The van der Waals surface area contributed by atoms with Crippen LogP contribution in [0, 0.1) is 0 Å². The molecule has 0 radical (unpaired) electrons. The Morgan fingerprint density at radius 3 is 3.13 bits per heavy atom. The van der Waals surface area contributed by atoms with Crippen molar-refractivity contribution in [3.8, 4) is 0 Å². The lowest BCUT2D eigenvalue weighted by Gasteiger charge is -2.06. The van der Waals surface area contributed by atoms with Crippen molar-refractivity contribution >= 4 is 29.1 Å². The molecular weight excluding hydrogens is 220 g/mol. The summed E-state index contributed by atoms with van der Waals surface area (Å²) < 4.78 is 4.47. The predicted molar refractivity (Wildman–Crippen MR) is 56.6 cm³/mol. The van der Waals surface area contributed by atoms with E-state index in [1.165, 1.54) is 13.3 Å². The van der Waals surface area contributed by atoms with Crippen LogP contribution in [0.4, 0.5) is 11.5 Å². The number of carbonyl (C=O) groups is 1. The maximum Gasteiger partial charge on any atom is 0.307 e. The van der Waals surface area contributed by atoms with Crippen LogP contribution >= 0.6 is 11.6 Å². The largest absolute Gasteiger partial charge is 0.469 e. The number of hydrogen-bond acceptors (Lipinski definition) is 6. The van der Waals surface area contributed by atoms with Crippen molar-refractivity contribution in [1.82, 2.24) is 9.97 Å². The van der Waals surface area contributed by atoms with Gasteiger partial charge in [0.1, 0.15) is 0 Å². The minimum atomic E-state index is -0.304. The van der Waals surface area contributed by atoms with Crippen LogP contribution < -0.4 is 11.1 Å². The standard InChI is InChI=1S/C8H11ClN4O2/c1-15-6(14)2-3-11-7-5(10)4-12-8(9)13-7/h4H,2-3,10H2,1H3,(H,11,12,13). The Balaban J connectivity index is 2.50. The molecular formula is C8H11ClN4O2. The lowest BCUT2D eigenvalue weighted by atomic mass is 10.4. The summed E-state index contributed by atoms with van der Waals surface area (Å²) in [7, 11) is 1.33. The third-order valence-electron chi connectivity index (χ3n) is 1.64. The molecule has 1 aromatic rings. The molecule has 7 heteroatoms. The highest BCUT2D eigenvalue weighted by atomic mass is 35.5. The van der Waals surface area contributed by atoms with Gasteiger partial charge in [0.15, 0.2) is 5.82 Å². The van der Waals surface area contributed by atoms with Gasteiger partial charge in [0, 0.05) is 6.54 Å². The fourth-order valence-electron chi connectivity index (χ4n) is 0.896. The molecule has 0 aliphatic carbocycles. The van der Waals surface area contributed by atoms with Crippen molar-refractivity contribution in [2.45, 2.75) is 6.42 Å². The molecule has 15 heavy (non-hydrogen) atoms. The number of nitrogens with two attached hydrogens (primary N) is 1. The Morgan fingerprint density at radius 1 is 1.73 bits per heavy atom. The number of rotatable bonds is 4. The normalized spacial score (nSPS) is 9.73. The van der Waals surface area contributed by atoms with Crippen LogP contribution in [-0.4, -0.2) is 29.6 Å². The Bertz CT molecular complexity index is 358. The highest BCUT2D eigenvalue weighted by Crippen LogP contribution is 2.15. The first-order chi connectivity index (χ1) is 7.13. The molecule has 0 aromatic carbocycles. The van der Waals surface area contributed by atoms with E-state index in [1.54, 1.807) is 0 Å². The number of esters is 1. The number of anilines is 2. The van der Waals surface area contributed by atoms with E-state index in [4.69, 9.17) is 17.3 Å². The van der Waals surface area contributed by atoms with Gasteiger partial charge in [0.05, 0.1) is 25.4 Å². The molecule has 0 aliphatic rings. The molecule has 1 rings (SSSR count). The summed E-state index contributed by atoms with van der Waals surface area (Å²) in [5.74, 6) is 0.111. The smallest absolute Gasteiger partial charge is 0.307 e. The molecule has 0 aliphatic heterocycles. The maximum atomic E-state index is 10.8. The molecule has 3 N–H and O–H groups in total. The number of aromatic nitrogens is 2. The molecule has 82 valence electrons. The number of nitrogen functional groups attached to an aromatic ring is 1. The minimum Gasteiger partial charge on any atom is -0.469 e. The van der Waals surface area contributed by atoms with Crippen LogP contribution in [0.1, 0.15) is 6.42 Å². The van der Waals surface area contributed by atoms with Crippen LogP contribution in [0.5, 0.6) is 0 Å². The van der Waals surface area contributed by atoms with Crippen molar-refractivity contribution in [3.05, 3.63) is 11.5 Å². The molecule has 0 atom stereocenters. The maximum absolute atomic E-state index is 10.8. The van der Waals surface area contributed by atoms with Gasteiger partial charge in [-0.15, -0.1) is 0 Å². The third kappa shape index (κ3) is 3.59. The Kier molecular flexibility index (Phi) is 4.11. The van der Waals surface area contributed by atoms with E-state index in [0.29, 0.717) is 18.1 Å². The predicted octanol–water partition coefficient (Wildman–Crippen LogP) is 0.687. The Labute approximate surface area is 91.8 Å². The van der Waals surface area contributed by atoms with Crippen molar-refractivity contribution in [2.24, 2.45) is 0 Å². The number of carbonyl (C=O) groups excluding carboxylic acids is 1. The van der Waals surface area contributed by atoms with E-state index in [0.717, 1.165) is 0 Å². The van der Waals surface area contributed by atoms with Crippen molar-refractivity contribution < 1.29 is 9.53 Å². The SMILES string of the molecule is COC(=O)CCNc1nc(Cl)ncc1N. The summed E-state index contributed by atoms with van der Waals surface area (Å²) >= 11 is 5.58. The van der Waals surface area contributed by atoms with Gasteiger partial charge < -0.3 is 15.8 Å². The number of halogens is 1. The van der Waals surface area contributed by atoms with E-state index in [9.17, 15) is 4.79 Å². The van der Waals surface area contributed by atoms with Crippen molar-refractivity contribution in [1.29, 1.82) is 0 Å². The van der Waals surface area contributed by atoms with Gasteiger partial charge in [-0.05, 0) is 11.6 Å². The molecule has 0 unspecified atom stereocenters. The first kappa shape index (κ1) is 11.5. The first-order valence-corrected chi connectivity index (χ1v) is 4.60. The highest BCUT2D eigenvalue weighted by molar-refractivity contribution is 6.28. The summed E-state index contributed by atoms with van der Waals surface area (Å²) in [5.41, 5.74) is 5.96. The number of hydrogen-bond donors (Lipinski definition) is 2. The molecule has 0 bridgehead atoms. The average Bonchev–Trinajstić information content (AvgIpc) is 2.23. The van der Waals surface area contributed by atoms with Gasteiger partial charge in [-0.1, -0.05) is 0 Å². The van der Waals surface area contributed by atoms with Crippen LogP contribution in [0.3, 0.4) is 0 Å². The summed E-state index contributed by atoms with van der Waals surface area (Å²) in [4.78, 5) is 18.4. The number of ether oxygens (including phenoxy) is 1. The zero-order valence-corrected chi connectivity index (χ0v) is 8.91. The molecule has 6 nitrogen and oxygen atoms in total. The molecule has 0 fully saturated rings. The van der Waals surface area contributed by atoms with Gasteiger partial charge in [-0.25, -0.2) is 4.98 Å². The van der Waals surface area contributed by atoms with Crippen molar-refractivity contribution in [3.63, 3.8) is 0 Å². The number of nitrogens with zero attached hydrogens (tertiary/aromatic N) is 2. The van der Waals surface area contributed by atoms with Crippen LogP contribution in [-0.2, 0) is 9.53 Å². The quantitative estimate of drug-likeness (QED) is 0.584. The van der Waals surface area contributed by atoms with E-state index < -0.39 is 0 Å². The van der Waals surface area contributed by atoms with Crippen LogP contribution in [0.2, 0.25) is 5.28 Å². The summed E-state index contributed by atoms with van der Waals surface area (Å²) in [6, 6.07) is 0. The summed E-state index contributed by atoms with van der Waals surface area (Å²) in [6.45, 7) is 0.379. The van der Waals surface area contributed by atoms with Gasteiger partial charge in [0.2, 0.25) is 5.28 Å². The fraction of sp³-hybridized carbons (Fsp3) is 0.375. The van der Waals surface area contributed by atoms with Crippen LogP contribution in [0.15, 0.2) is 6.20 Å². The second kappa shape index (κ2) is 5.35. The van der Waals surface area contributed by atoms with Gasteiger partial charge in [-0.2, -0.15) is 4.98 Å². The zero-order chi connectivity index (χ0) is 11.3. The Hall–Kier alpha value is -1.56. The highest BCUT2D eigenvalue weighted by Gasteiger charge is 2.04. The first-order valence-electron chi connectivity index (χ1n) is 4.22. The van der Waals surface area contributed by atoms with Gasteiger partial charge >= 0.3 is 5.97 Å². The van der Waals surface area contributed by atoms with Crippen LogP contribution in [0.25, 0.3) is 0 Å². The van der Waals surface area contributed by atoms with Gasteiger partial charge in [0.25, 0.3) is 0 Å². The number of methoxy groups -OCH3 is 1. The lowest BCUT2D eigenvalue weighted by molar-refractivity contribution is -0.140. The average molecular weight is 231 g/mol. The molecule has 0 amide bonds. The number of nitrogens with one attached hydrogen (secondary N) is 1. The van der Waals surface area contributed by atoms with E-state index in [1.807, 2.05) is 0 Å². The van der Waals surface area contributed by atoms with E-state index in [2.05, 4.69) is 20.0 Å². The second-order valence-electron chi connectivity index (χ2n) is 2.70. The monoisotopic (exact) mass is 230 g/mol. The molecule has 1 aromatic heterocycles. The van der Waals surface area contributed by atoms with Gasteiger partial charge in [-0.3, -0.25) is 4.79 Å². The molecule has 0 spiro atoms. The minimum absolute atomic E-state index is 0.102. The van der Waals surface area contributed by atoms with E-state index >= 15 is 0 Å². The molecule has 0 saturated carbocycles. The zero-order valence-electron chi connectivity index (χ0n) is 8.16. The second-order valence-corrected chi connectivity index (χ2v) is 3.03. The summed E-state index contributed by atoms with van der Waals surface area (Å²) in [6.07, 6.45) is 1.63. The molecule has 0 saturated heterocycles. The molecule has 1 heterocycles. The topological polar surface area (TPSA) is 90.1 Å². The fourth-order valence-corrected chi connectivity index (χ4v) is 1.03. The van der Waals surface area contributed by atoms with Crippen molar-refractivity contribution in [2.75, 3.05) is 24.7 Å². The summed E-state index contributed by atoms with van der Waals surface area (Å²) in [5, 5.41) is 2.96. The Morgan fingerprint density at radius 2 is 2.47 bits per heavy atom. The lowest BCUT2D eigenvalue weighted by Crippen LogP contribution is -2.12. The third-order valence-corrected chi connectivity index (χ3v) is 1.82.